The van der Waals surface area contributed by atoms with Gasteiger partial charge in [0.15, 0.2) is 0 Å². The van der Waals surface area contributed by atoms with E-state index < -0.39 is 18.0 Å². The first-order valence-corrected chi connectivity index (χ1v) is 20.6. The number of carboxylic acids is 2. The molecule has 2 aliphatic rings. The van der Waals surface area contributed by atoms with Gasteiger partial charge < -0.3 is 25.3 Å². The number of nitrogens with zero attached hydrogens (tertiary/aromatic N) is 2. The van der Waals surface area contributed by atoms with Crippen LogP contribution in [0.4, 0.5) is 0 Å². The minimum absolute atomic E-state index is 0.0585. The molecule has 306 valence electrons. The summed E-state index contributed by atoms with van der Waals surface area (Å²) in [6.45, 7) is 18.7. The van der Waals surface area contributed by atoms with E-state index in [1.54, 1.807) is 0 Å². The number of hydrogen-bond acceptors (Lipinski definition) is 5. The zero-order valence-corrected chi connectivity index (χ0v) is 35.3. The molecule has 0 aromatic carbocycles. The van der Waals surface area contributed by atoms with Gasteiger partial charge in [-0.25, -0.2) is 9.97 Å². The number of aliphatic hydroxyl groups is 1. The number of aromatic nitrogens is 4. The van der Waals surface area contributed by atoms with Gasteiger partial charge in [-0.2, -0.15) is 0 Å². The summed E-state index contributed by atoms with van der Waals surface area (Å²) in [6.07, 6.45) is 18.1. The van der Waals surface area contributed by atoms with Gasteiger partial charge in [0, 0.05) is 46.0 Å². The zero-order chi connectivity index (χ0) is 42.1. The highest BCUT2D eigenvalue weighted by Crippen LogP contribution is 2.39. The highest BCUT2D eigenvalue weighted by atomic mass is 16.4. The Morgan fingerprint density at radius 3 is 1.72 bits per heavy atom. The van der Waals surface area contributed by atoms with Gasteiger partial charge in [-0.05, 0) is 150 Å². The largest absolute Gasteiger partial charge is 0.481 e. The van der Waals surface area contributed by atoms with E-state index in [0.717, 1.165) is 98.7 Å². The molecule has 0 amide bonds. The number of aliphatic hydroxyl groups excluding tert-OH is 1. The number of hydrogen-bond donors (Lipinski definition) is 5. The molecule has 0 saturated heterocycles. The third kappa shape index (κ3) is 10.5. The summed E-state index contributed by atoms with van der Waals surface area (Å²) >= 11 is 0. The second kappa shape index (κ2) is 19.7. The van der Waals surface area contributed by atoms with Crippen molar-refractivity contribution in [2.45, 2.75) is 119 Å². The van der Waals surface area contributed by atoms with Crippen molar-refractivity contribution in [3.63, 3.8) is 0 Å². The van der Waals surface area contributed by atoms with Crippen LogP contribution in [0.2, 0.25) is 0 Å². The van der Waals surface area contributed by atoms with Crippen molar-refractivity contribution < 1.29 is 24.9 Å². The van der Waals surface area contributed by atoms with Crippen molar-refractivity contribution in [2.75, 3.05) is 0 Å². The topological polar surface area (TPSA) is 152 Å². The number of nitrogens with one attached hydrogen (secondary N) is 2. The minimum atomic E-state index is -0.906. The van der Waals surface area contributed by atoms with Crippen molar-refractivity contribution in [2.24, 2.45) is 5.92 Å². The lowest BCUT2D eigenvalue weighted by molar-refractivity contribution is -0.137. The normalized spacial score (nSPS) is 14.1. The molecule has 0 spiro atoms. The lowest BCUT2D eigenvalue weighted by Gasteiger charge is -2.10. The number of rotatable bonds is 18. The Labute approximate surface area is 342 Å². The molecular formula is C49H60N4O5. The van der Waals surface area contributed by atoms with Crippen molar-refractivity contribution in [3.05, 3.63) is 112 Å². The first-order valence-electron chi connectivity index (χ1n) is 20.6. The SMILES string of the molecule is C=Cc1c(C)c2cc3[nH]c(cc4nc(cc5nc(cc1[nH]2)C(C)=C5CCC(=O)O)C(CCC(=O)O)=C4C)c(C)c3C(O)CC/C=C\CC/C=C\CC/C=C(\C)C(C)C. The first kappa shape index (κ1) is 43.6. The molecule has 0 saturated carbocycles. The van der Waals surface area contributed by atoms with Crippen LogP contribution in [0.25, 0.3) is 50.4 Å². The number of aryl methyl sites for hydroxylation is 2. The van der Waals surface area contributed by atoms with Gasteiger partial charge in [-0.15, -0.1) is 0 Å². The molecule has 5 rings (SSSR count). The molecule has 1 unspecified atom stereocenters. The molecule has 5 N–H and O–H groups in total. The number of carboxylic acid groups (broad SMARTS) is 2. The van der Waals surface area contributed by atoms with Crippen LogP contribution in [0.5, 0.6) is 0 Å². The summed E-state index contributed by atoms with van der Waals surface area (Å²) in [5.41, 5.74) is 14.3. The van der Waals surface area contributed by atoms with Gasteiger partial charge in [0.25, 0.3) is 0 Å². The smallest absolute Gasteiger partial charge is 0.303 e. The molecule has 9 heteroatoms. The summed E-state index contributed by atoms with van der Waals surface area (Å²) in [7, 11) is 0. The molecule has 5 heterocycles. The fourth-order valence-corrected chi connectivity index (χ4v) is 7.64. The highest BCUT2D eigenvalue weighted by Gasteiger charge is 2.23. The first-order chi connectivity index (χ1) is 27.7. The number of H-pyrrole nitrogens is 2. The Bertz CT molecular complexity index is 2380. The molecule has 0 radical (unpaired) electrons. The average molecular weight is 785 g/mol. The Morgan fingerprint density at radius 1 is 0.690 bits per heavy atom. The summed E-state index contributed by atoms with van der Waals surface area (Å²) in [5.74, 6) is -1.21. The van der Waals surface area contributed by atoms with E-state index in [0.29, 0.717) is 35.1 Å². The predicted octanol–water partition coefficient (Wildman–Crippen LogP) is 12.3. The molecule has 3 aromatic rings. The summed E-state index contributed by atoms with van der Waals surface area (Å²) < 4.78 is 0. The molecule has 3 aromatic heterocycles. The zero-order valence-electron chi connectivity index (χ0n) is 35.3. The van der Waals surface area contributed by atoms with E-state index in [2.05, 4.69) is 67.7 Å². The quantitative estimate of drug-likeness (QED) is 0.0636. The third-order valence-electron chi connectivity index (χ3n) is 11.5. The van der Waals surface area contributed by atoms with Crippen molar-refractivity contribution in [1.82, 2.24) is 19.9 Å². The van der Waals surface area contributed by atoms with Crippen LogP contribution in [-0.4, -0.2) is 47.2 Å². The number of aromatic amines is 2. The second-order valence-electron chi connectivity index (χ2n) is 15.8. The van der Waals surface area contributed by atoms with Gasteiger partial charge in [0.2, 0.25) is 0 Å². The minimum Gasteiger partial charge on any atom is -0.481 e. The molecule has 9 nitrogen and oxygen atoms in total. The van der Waals surface area contributed by atoms with Crippen LogP contribution in [0.15, 0.2) is 66.8 Å². The van der Waals surface area contributed by atoms with E-state index in [1.165, 1.54) is 5.57 Å². The molecule has 0 aliphatic carbocycles. The third-order valence-corrected chi connectivity index (χ3v) is 11.5. The standard InChI is InChI=1S/C49H60N4O5/c1-9-35-31(5)40-27-45-49(46(54)20-18-16-14-12-10-11-13-15-17-19-30(4)29(2)3)34(8)41(53-45)25-38-32(6)36(21-23-47(55)56)43(51-38)28-44-37(22-24-48(57)58)33(7)39(52-44)26-42(35)50-40/h9,11,13-14,16,19,25-29,46,50,53-54H,1,10,12,15,17-18,20-24H2,2-8H3,(H,55,56)(H,57,58)/b13-11-,16-14-,30-19+,38-25?,39-26?,40-27?,41-25?,42-26?,43-28?,44-28?,45-27?. The number of allylic oxidation sites excluding steroid dienone is 10. The Balaban J connectivity index is 1.56. The molecule has 0 fully saturated rings. The van der Waals surface area contributed by atoms with Gasteiger partial charge in [0.1, 0.15) is 0 Å². The number of fused-ring (bicyclic) bond motifs is 8. The van der Waals surface area contributed by atoms with Crippen LogP contribution >= 0.6 is 0 Å². The Kier molecular flexibility index (Phi) is 14.8. The molecule has 58 heavy (non-hydrogen) atoms. The maximum Gasteiger partial charge on any atom is 0.303 e. The van der Waals surface area contributed by atoms with E-state index in [1.807, 2.05) is 58.0 Å². The van der Waals surface area contributed by atoms with Gasteiger partial charge >= 0.3 is 11.9 Å². The second-order valence-corrected chi connectivity index (χ2v) is 15.8. The summed E-state index contributed by atoms with van der Waals surface area (Å²) in [5, 5.41) is 31.0. The number of unbranched alkanes of at least 4 members (excludes halogenated alkanes) is 2. The molecule has 2 aliphatic heterocycles. The monoisotopic (exact) mass is 784 g/mol. The van der Waals surface area contributed by atoms with Gasteiger partial charge in [0.05, 0.1) is 28.9 Å². The Morgan fingerprint density at radius 2 is 1.19 bits per heavy atom. The fraction of sp³-hybridized carbons (Fsp3) is 0.388. The maximum atomic E-state index is 11.8. The lowest BCUT2D eigenvalue weighted by atomic mass is 9.98. The van der Waals surface area contributed by atoms with Crippen LogP contribution in [-0.2, 0) is 9.59 Å². The van der Waals surface area contributed by atoms with Crippen LogP contribution in [0.3, 0.4) is 0 Å². The predicted molar refractivity (Wildman–Crippen MR) is 239 cm³/mol. The van der Waals surface area contributed by atoms with Crippen molar-refractivity contribution in [3.8, 4) is 0 Å². The van der Waals surface area contributed by atoms with E-state index in [4.69, 9.17) is 9.97 Å². The summed E-state index contributed by atoms with van der Waals surface area (Å²) in [4.78, 5) is 40.7. The molecule has 1 atom stereocenters. The van der Waals surface area contributed by atoms with Crippen LogP contribution < -0.4 is 0 Å². The highest BCUT2D eigenvalue weighted by molar-refractivity contribution is 5.97. The van der Waals surface area contributed by atoms with E-state index in [9.17, 15) is 24.9 Å². The Hall–Kier alpha value is -5.54. The fourth-order valence-electron chi connectivity index (χ4n) is 7.64. The van der Waals surface area contributed by atoms with E-state index >= 15 is 0 Å². The number of carbonyl (C=O) groups is 2. The maximum absolute atomic E-state index is 11.8. The average Bonchev–Trinajstić information content (AvgIpc) is 3.84. The molecular weight excluding hydrogens is 725 g/mol. The van der Waals surface area contributed by atoms with E-state index in [-0.39, 0.29) is 25.7 Å². The van der Waals surface area contributed by atoms with Crippen molar-refractivity contribution >= 4 is 62.4 Å². The van der Waals surface area contributed by atoms with Gasteiger partial charge in [-0.1, -0.05) is 62.5 Å². The van der Waals surface area contributed by atoms with Crippen molar-refractivity contribution in [1.29, 1.82) is 0 Å². The van der Waals surface area contributed by atoms with Crippen LogP contribution in [0, 0.1) is 19.8 Å². The number of aliphatic carboxylic acids is 2. The van der Waals surface area contributed by atoms with Crippen LogP contribution in [0.1, 0.15) is 150 Å². The lowest BCUT2D eigenvalue weighted by Crippen LogP contribution is -1.98. The summed E-state index contributed by atoms with van der Waals surface area (Å²) in [6, 6.07) is 7.83. The van der Waals surface area contributed by atoms with Gasteiger partial charge in [-0.3, -0.25) is 9.59 Å². The molecule has 8 bridgehead atoms.